The SMILES string of the molecule is C/C=C/C1CC(=O)CC(=O)O1. The fourth-order valence-electron chi connectivity index (χ4n) is 1.03. The fraction of sp³-hybridized carbons (Fsp3) is 0.500. The molecule has 3 heteroatoms. The van der Waals surface area contributed by atoms with Gasteiger partial charge in [-0.3, -0.25) is 9.59 Å². The zero-order chi connectivity index (χ0) is 8.27. The van der Waals surface area contributed by atoms with Gasteiger partial charge in [0.1, 0.15) is 18.3 Å². The topological polar surface area (TPSA) is 43.4 Å². The molecule has 0 N–H and O–H groups in total. The normalized spacial score (nSPS) is 25.7. The number of carbonyl (C=O) groups is 2. The molecule has 0 aromatic rings. The molecule has 0 aliphatic carbocycles. The lowest BCUT2D eigenvalue weighted by molar-refractivity contribution is -0.154. The molecule has 1 saturated heterocycles. The third kappa shape index (κ3) is 2.18. The van der Waals surface area contributed by atoms with Crippen molar-refractivity contribution in [2.24, 2.45) is 0 Å². The van der Waals surface area contributed by atoms with Crippen LogP contribution in [0.2, 0.25) is 0 Å². The summed E-state index contributed by atoms with van der Waals surface area (Å²) in [6.45, 7) is 1.83. The van der Waals surface area contributed by atoms with Gasteiger partial charge in [-0.2, -0.15) is 0 Å². The van der Waals surface area contributed by atoms with Gasteiger partial charge in [0.15, 0.2) is 0 Å². The molecule has 1 fully saturated rings. The average molecular weight is 154 g/mol. The number of carbonyl (C=O) groups excluding carboxylic acids is 2. The van der Waals surface area contributed by atoms with Crippen molar-refractivity contribution in [1.82, 2.24) is 0 Å². The maximum absolute atomic E-state index is 10.8. The van der Waals surface area contributed by atoms with Crippen molar-refractivity contribution in [2.45, 2.75) is 25.9 Å². The number of ether oxygens (including phenoxy) is 1. The van der Waals surface area contributed by atoms with Crippen molar-refractivity contribution in [2.75, 3.05) is 0 Å². The van der Waals surface area contributed by atoms with Gasteiger partial charge in [0.2, 0.25) is 0 Å². The van der Waals surface area contributed by atoms with Gasteiger partial charge >= 0.3 is 5.97 Å². The summed E-state index contributed by atoms with van der Waals surface area (Å²) in [4.78, 5) is 21.5. The predicted molar refractivity (Wildman–Crippen MR) is 38.9 cm³/mol. The molecule has 11 heavy (non-hydrogen) atoms. The Labute approximate surface area is 65.0 Å². The predicted octanol–water partition coefficient (Wildman–Crippen LogP) is 0.837. The van der Waals surface area contributed by atoms with E-state index in [0.29, 0.717) is 6.42 Å². The lowest BCUT2D eigenvalue weighted by Crippen LogP contribution is -2.28. The molecule has 1 rings (SSSR count). The Balaban J connectivity index is 2.56. The van der Waals surface area contributed by atoms with E-state index in [1.54, 1.807) is 12.2 Å². The minimum atomic E-state index is -0.413. The largest absolute Gasteiger partial charge is 0.457 e. The minimum absolute atomic E-state index is 0.0376. The highest BCUT2D eigenvalue weighted by Gasteiger charge is 2.24. The van der Waals surface area contributed by atoms with Gasteiger partial charge < -0.3 is 4.74 Å². The highest BCUT2D eigenvalue weighted by molar-refractivity contribution is 5.97. The molecular weight excluding hydrogens is 144 g/mol. The summed E-state index contributed by atoms with van der Waals surface area (Å²) < 4.78 is 4.85. The van der Waals surface area contributed by atoms with Crippen molar-refractivity contribution in [3.05, 3.63) is 12.2 Å². The second-order valence-corrected chi connectivity index (χ2v) is 2.47. The maximum Gasteiger partial charge on any atom is 0.313 e. The maximum atomic E-state index is 10.8. The molecule has 1 aliphatic rings. The Kier molecular flexibility index (Phi) is 2.41. The molecule has 0 spiro atoms. The summed E-state index contributed by atoms with van der Waals surface area (Å²) in [7, 11) is 0. The minimum Gasteiger partial charge on any atom is -0.457 e. The van der Waals surface area contributed by atoms with E-state index in [2.05, 4.69) is 0 Å². The van der Waals surface area contributed by atoms with Gasteiger partial charge in [-0.05, 0) is 13.0 Å². The van der Waals surface area contributed by atoms with Crippen molar-refractivity contribution in [3.8, 4) is 0 Å². The third-order valence-electron chi connectivity index (χ3n) is 1.46. The van der Waals surface area contributed by atoms with Crippen LogP contribution in [0.1, 0.15) is 19.8 Å². The van der Waals surface area contributed by atoms with Crippen molar-refractivity contribution >= 4 is 11.8 Å². The second kappa shape index (κ2) is 3.32. The molecule has 60 valence electrons. The van der Waals surface area contributed by atoms with Gasteiger partial charge in [-0.1, -0.05) is 6.08 Å². The van der Waals surface area contributed by atoms with Crippen LogP contribution in [0.3, 0.4) is 0 Å². The summed E-state index contributed by atoms with van der Waals surface area (Å²) in [5.74, 6) is -0.450. The van der Waals surface area contributed by atoms with Gasteiger partial charge in [0.25, 0.3) is 0 Å². The van der Waals surface area contributed by atoms with E-state index in [4.69, 9.17) is 4.74 Å². The number of rotatable bonds is 1. The summed E-state index contributed by atoms with van der Waals surface area (Å²) in [5, 5.41) is 0. The number of hydrogen-bond donors (Lipinski definition) is 0. The summed E-state index contributed by atoms with van der Waals surface area (Å²) in [6, 6.07) is 0. The van der Waals surface area contributed by atoms with E-state index in [1.807, 2.05) is 6.92 Å². The smallest absolute Gasteiger partial charge is 0.313 e. The number of cyclic esters (lactones) is 1. The average Bonchev–Trinajstić information content (AvgIpc) is 1.85. The van der Waals surface area contributed by atoms with E-state index in [1.165, 1.54) is 0 Å². The van der Waals surface area contributed by atoms with Crippen LogP contribution in [-0.4, -0.2) is 17.9 Å². The highest BCUT2D eigenvalue weighted by atomic mass is 16.5. The Morgan fingerprint density at radius 3 is 2.82 bits per heavy atom. The zero-order valence-corrected chi connectivity index (χ0v) is 6.37. The van der Waals surface area contributed by atoms with Gasteiger partial charge in [0, 0.05) is 6.42 Å². The molecular formula is C8H10O3. The van der Waals surface area contributed by atoms with E-state index in [0.717, 1.165) is 0 Å². The molecule has 1 atom stereocenters. The lowest BCUT2D eigenvalue weighted by Gasteiger charge is -2.17. The number of Topliss-reactive ketones (excluding diaryl/α,β-unsaturated/α-hetero) is 1. The van der Waals surface area contributed by atoms with Crippen LogP contribution in [-0.2, 0) is 14.3 Å². The van der Waals surface area contributed by atoms with E-state index >= 15 is 0 Å². The van der Waals surface area contributed by atoms with Crippen molar-refractivity contribution < 1.29 is 14.3 Å². The number of esters is 1. The molecule has 0 saturated carbocycles. The first-order valence-corrected chi connectivity index (χ1v) is 3.56. The molecule has 3 nitrogen and oxygen atoms in total. The first kappa shape index (κ1) is 7.98. The standard InChI is InChI=1S/C8H10O3/c1-2-3-7-4-6(9)5-8(10)11-7/h2-3,7H,4-5H2,1H3/b3-2+. The van der Waals surface area contributed by atoms with E-state index in [-0.39, 0.29) is 18.3 Å². The fourth-order valence-corrected chi connectivity index (χ4v) is 1.03. The second-order valence-electron chi connectivity index (χ2n) is 2.47. The first-order valence-electron chi connectivity index (χ1n) is 3.56. The molecule has 0 aromatic carbocycles. The van der Waals surface area contributed by atoms with Crippen LogP contribution >= 0.6 is 0 Å². The van der Waals surface area contributed by atoms with Crippen LogP contribution in [0.5, 0.6) is 0 Å². The molecule has 1 unspecified atom stereocenters. The molecule has 0 amide bonds. The third-order valence-corrected chi connectivity index (χ3v) is 1.46. The first-order chi connectivity index (χ1) is 5.22. The molecule has 1 aliphatic heterocycles. The summed E-state index contributed by atoms with van der Waals surface area (Å²) in [6.07, 6.45) is 3.43. The molecule has 0 radical (unpaired) electrons. The Morgan fingerprint density at radius 2 is 2.27 bits per heavy atom. The summed E-state index contributed by atoms with van der Waals surface area (Å²) >= 11 is 0. The van der Waals surface area contributed by atoms with Crippen LogP contribution in [0.15, 0.2) is 12.2 Å². The van der Waals surface area contributed by atoms with E-state index < -0.39 is 5.97 Å². The molecule has 1 heterocycles. The number of hydrogen-bond acceptors (Lipinski definition) is 3. The Bertz CT molecular complexity index is 189. The van der Waals surface area contributed by atoms with Crippen LogP contribution < -0.4 is 0 Å². The number of allylic oxidation sites excluding steroid dienone is 1. The highest BCUT2D eigenvalue weighted by Crippen LogP contribution is 2.11. The lowest BCUT2D eigenvalue weighted by atomic mass is 10.1. The Morgan fingerprint density at radius 1 is 1.55 bits per heavy atom. The van der Waals surface area contributed by atoms with Crippen LogP contribution in [0.25, 0.3) is 0 Å². The molecule has 0 aromatic heterocycles. The number of ketones is 1. The monoisotopic (exact) mass is 154 g/mol. The quantitative estimate of drug-likeness (QED) is 0.319. The van der Waals surface area contributed by atoms with Crippen molar-refractivity contribution in [1.29, 1.82) is 0 Å². The molecule has 0 bridgehead atoms. The van der Waals surface area contributed by atoms with Crippen LogP contribution in [0.4, 0.5) is 0 Å². The Hall–Kier alpha value is -1.12. The van der Waals surface area contributed by atoms with Crippen molar-refractivity contribution in [3.63, 3.8) is 0 Å². The van der Waals surface area contributed by atoms with Gasteiger partial charge in [0.05, 0.1) is 0 Å². The zero-order valence-electron chi connectivity index (χ0n) is 6.37. The van der Waals surface area contributed by atoms with Gasteiger partial charge in [-0.15, -0.1) is 0 Å². The van der Waals surface area contributed by atoms with Gasteiger partial charge in [-0.25, -0.2) is 0 Å². The van der Waals surface area contributed by atoms with Crippen LogP contribution in [0, 0.1) is 0 Å². The summed E-state index contributed by atoms with van der Waals surface area (Å²) in [5.41, 5.74) is 0. The van der Waals surface area contributed by atoms with E-state index in [9.17, 15) is 9.59 Å².